The normalized spacial score (nSPS) is 11.0. The van der Waals surface area contributed by atoms with Gasteiger partial charge in [0.15, 0.2) is 0 Å². The highest BCUT2D eigenvalue weighted by molar-refractivity contribution is 6.34. The molecule has 0 aliphatic carbocycles. The summed E-state index contributed by atoms with van der Waals surface area (Å²) in [4.78, 5) is 0. The van der Waals surface area contributed by atoms with Crippen LogP contribution in [0.25, 0.3) is 22.6 Å². The average molecular weight is 459 g/mol. The molecule has 0 unspecified atom stereocenters. The van der Waals surface area contributed by atoms with E-state index in [1.807, 2.05) is 48.5 Å². The van der Waals surface area contributed by atoms with Crippen LogP contribution >= 0.6 is 23.2 Å². The Kier molecular flexibility index (Phi) is 9.17. The van der Waals surface area contributed by atoms with Gasteiger partial charge in [-0.3, -0.25) is 0 Å². The number of anilines is 2. The Bertz CT molecular complexity index is 892. The summed E-state index contributed by atoms with van der Waals surface area (Å²) in [5.74, 6) is 1.46. The van der Waals surface area contributed by atoms with Gasteiger partial charge in [-0.2, -0.15) is 0 Å². The van der Waals surface area contributed by atoms with Crippen molar-refractivity contribution in [3.8, 4) is 22.6 Å². The molecule has 1 heterocycles. The van der Waals surface area contributed by atoms with E-state index >= 15 is 0 Å². The van der Waals surface area contributed by atoms with Gasteiger partial charge in [-0.25, -0.2) is 0 Å². The summed E-state index contributed by atoms with van der Waals surface area (Å²) in [6.07, 6.45) is 7.20. The molecule has 0 spiro atoms. The van der Waals surface area contributed by atoms with Crippen molar-refractivity contribution in [3.05, 3.63) is 58.6 Å². The summed E-state index contributed by atoms with van der Waals surface area (Å²) >= 11 is 13.1. The first kappa shape index (κ1) is 23.6. The van der Waals surface area contributed by atoms with Crippen LogP contribution in [0.2, 0.25) is 10.0 Å². The molecule has 0 aliphatic rings. The molecule has 1 aromatic heterocycles. The molecule has 0 aliphatic heterocycles. The highest BCUT2D eigenvalue weighted by atomic mass is 35.5. The van der Waals surface area contributed by atoms with Gasteiger partial charge < -0.3 is 15.1 Å². The fourth-order valence-corrected chi connectivity index (χ4v) is 4.04. The standard InChI is InChI=1S/C26H32Cl2N2O/c1-3-5-7-15-29-19-9-11-21(23(27)17-19)25-13-14-26(31-25)22-12-10-20(18-24(22)28)30-16-8-6-4-2/h9-14,17-18,29-30H,3-8,15-16H2,1-2H3. The molecule has 5 heteroatoms. The van der Waals surface area contributed by atoms with Crippen LogP contribution in [0.4, 0.5) is 11.4 Å². The first-order valence-corrected chi connectivity index (χ1v) is 12.1. The smallest absolute Gasteiger partial charge is 0.136 e. The maximum absolute atomic E-state index is 6.55. The number of benzene rings is 2. The number of hydrogen-bond donors (Lipinski definition) is 2. The highest BCUT2D eigenvalue weighted by Gasteiger charge is 2.13. The van der Waals surface area contributed by atoms with Crippen molar-refractivity contribution >= 4 is 34.6 Å². The SMILES string of the molecule is CCCCCNc1ccc(-c2ccc(-c3ccc(NCCCCC)cc3Cl)o2)c(Cl)c1. The van der Waals surface area contributed by atoms with Crippen LogP contribution in [-0.2, 0) is 0 Å². The lowest BCUT2D eigenvalue weighted by atomic mass is 10.1. The molecule has 0 fully saturated rings. The lowest BCUT2D eigenvalue weighted by Crippen LogP contribution is -2.01. The zero-order chi connectivity index (χ0) is 22.1. The molecule has 0 saturated heterocycles. The van der Waals surface area contributed by atoms with E-state index < -0.39 is 0 Å². The number of nitrogens with one attached hydrogen (secondary N) is 2. The van der Waals surface area contributed by atoms with E-state index in [2.05, 4.69) is 24.5 Å². The summed E-state index contributed by atoms with van der Waals surface area (Å²) in [5.41, 5.74) is 3.80. The maximum atomic E-state index is 6.55. The molecule has 0 atom stereocenters. The number of furan rings is 1. The Morgan fingerprint density at radius 1 is 0.645 bits per heavy atom. The topological polar surface area (TPSA) is 37.2 Å². The Labute approximate surface area is 196 Å². The largest absolute Gasteiger partial charge is 0.456 e. The number of hydrogen-bond acceptors (Lipinski definition) is 3. The second-order valence-corrected chi connectivity index (χ2v) is 8.64. The van der Waals surface area contributed by atoms with E-state index in [0.717, 1.165) is 60.0 Å². The Hall–Kier alpha value is -2.10. The Balaban J connectivity index is 1.68. The van der Waals surface area contributed by atoms with E-state index in [1.54, 1.807) is 0 Å². The van der Waals surface area contributed by atoms with Crippen molar-refractivity contribution < 1.29 is 4.42 Å². The van der Waals surface area contributed by atoms with Gasteiger partial charge in [-0.1, -0.05) is 62.7 Å². The van der Waals surface area contributed by atoms with Crippen molar-refractivity contribution in [1.29, 1.82) is 0 Å². The molecule has 0 amide bonds. The minimum Gasteiger partial charge on any atom is -0.456 e. The molecule has 3 nitrogen and oxygen atoms in total. The van der Waals surface area contributed by atoms with Crippen LogP contribution in [0.1, 0.15) is 52.4 Å². The fourth-order valence-electron chi connectivity index (χ4n) is 3.49. The van der Waals surface area contributed by atoms with Crippen molar-refractivity contribution in [3.63, 3.8) is 0 Å². The van der Waals surface area contributed by atoms with Gasteiger partial charge in [-0.05, 0) is 61.4 Å². The van der Waals surface area contributed by atoms with Crippen molar-refractivity contribution in [2.45, 2.75) is 52.4 Å². The minimum atomic E-state index is 0.666. The average Bonchev–Trinajstić information content (AvgIpc) is 3.24. The first-order chi connectivity index (χ1) is 15.1. The third kappa shape index (κ3) is 6.69. The lowest BCUT2D eigenvalue weighted by molar-refractivity contribution is 0.597. The van der Waals surface area contributed by atoms with Crippen molar-refractivity contribution in [1.82, 2.24) is 0 Å². The van der Waals surface area contributed by atoms with Crippen LogP contribution in [0.15, 0.2) is 52.9 Å². The summed E-state index contributed by atoms with van der Waals surface area (Å²) < 4.78 is 6.11. The molecule has 0 radical (unpaired) electrons. The van der Waals surface area contributed by atoms with Crippen LogP contribution in [0, 0.1) is 0 Å². The third-order valence-corrected chi connectivity index (χ3v) is 5.92. The molecular weight excluding hydrogens is 427 g/mol. The summed E-state index contributed by atoms with van der Waals surface area (Å²) in [5, 5.41) is 8.18. The van der Waals surface area contributed by atoms with Crippen LogP contribution in [-0.4, -0.2) is 13.1 Å². The van der Waals surface area contributed by atoms with Gasteiger partial charge >= 0.3 is 0 Å². The summed E-state index contributed by atoms with van der Waals surface area (Å²) in [6, 6.07) is 15.9. The van der Waals surface area contributed by atoms with Crippen LogP contribution in [0.5, 0.6) is 0 Å². The second kappa shape index (κ2) is 12.1. The third-order valence-electron chi connectivity index (χ3n) is 5.29. The summed E-state index contributed by atoms with van der Waals surface area (Å²) in [6.45, 7) is 6.32. The van der Waals surface area contributed by atoms with Gasteiger partial charge in [0, 0.05) is 35.6 Å². The zero-order valence-corrected chi connectivity index (χ0v) is 20.0. The summed E-state index contributed by atoms with van der Waals surface area (Å²) in [7, 11) is 0. The van der Waals surface area contributed by atoms with Crippen molar-refractivity contribution in [2.24, 2.45) is 0 Å². The van der Waals surface area contributed by atoms with E-state index in [9.17, 15) is 0 Å². The molecule has 3 aromatic rings. The number of rotatable bonds is 12. The fraction of sp³-hybridized carbons (Fsp3) is 0.385. The minimum absolute atomic E-state index is 0.666. The predicted octanol–water partition coefficient (Wildman–Crippen LogP) is 9.12. The second-order valence-electron chi connectivity index (χ2n) is 7.82. The predicted molar refractivity (Wildman–Crippen MR) is 136 cm³/mol. The van der Waals surface area contributed by atoms with Gasteiger partial charge in [0.1, 0.15) is 11.5 Å². The van der Waals surface area contributed by atoms with Gasteiger partial charge in [0.2, 0.25) is 0 Å². The van der Waals surface area contributed by atoms with E-state index in [0.29, 0.717) is 10.0 Å². The highest BCUT2D eigenvalue weighted by Crippen LogP contribution is 2.37. The molecule has 31 heavy (non-hydrogen) atoms. The van der Waals surface area contributed by atoms with Gasteiger partial charge in [0.25, 0.3) is 0 Å². The number of halogens is 2. The molecule has 3 rings (SSSR count). The van der Waals surface area contributed by atoms with E-state index in [1.165, 1.54) is 25.7 Å². The Morgan fingerprint density at radius 3 is 1.48 bits per heavy atom. The molecule has 2 N–H and O–H groups in total. The zero-order valence-electron chi connectivity index (χ0n) is 18.4. The molecule has 2 aromatic carbocycles. The van der Waals surface area contributed by atoms with E-state index in [4.69, 9.17) is 27.6 Å². The Morgan fingerprint density at radius 2 is 1.10 bits per heavy atom. The van der Waals surface area contributed by atoms with Gasteiger partial charge in [-0.15, -0.1) is 0 Å². The maximum Gasteiger partial charge on any atom is 0.136 e. The van der Waals surface area contributed by atoms with Gasteiger partial charge in [0.05, 0.1) is 10.0 Å². The molecule has 166 valence electrons. The van der Waals surface area contributed by atoms with E-state index in [-0.39, 0.29) is 0 Å². The molecule has 0 saturated carbocycles. The number of unbranched alkanes of at least 4 members (excludes halogenated alkanes) is 4. The lowest BCUT2D eigenvalue weighted by Gasteiger charge is -2.09. The first-order valence-electron chi connectivity index (χ1n) is 11.3. The van der Waals surface area contributed by atoms with Crippen molar-refractivity contribution in [2.75, 3.05) is 23.7 Å². The van der Waals surface area contributed by atoms with Crippen LogP contribution in [0.3, 0.4) is 0 Å². The molecule has 0 bridgehead atoms. The monoisotopic (exact) mass is 458 g/mol. The molecular formula is C26H32Cl2N2O. The van der Waals surface area contributed by atoms with Crippen LogP contribution < -0.4 is 10.6 Å². The quantitative estimate of drug-likeness (QED) is 0.265.